The molecular formula is C14H12BrF2NO. The molecule has 0 bridgehead atoms. The van der Waals surface area contributed by atoms with Crippen molar-refractivity contribution in [1.29, 1.82) is 0 Å². The number of hydrogen-bond acceptors (Lipinski definition) is 2. The average Bonchev–Trinajstić information content (AvgIpc) is 2.41. The summed E-state index contributed by atoms with van der Waals surface area (Å²) in [6.45, 7) is 0.443. The molecule has 0 aliphatic heterocycles. The molecule has 100 valence electrons. The van der Waals surface area contributed by atoms with Crippen molar-refractivity contribution in [2.24, 2.45) is 5.73 Å². The van der Waals surface area contributed by atoms with Gasteiger partial charge in [-0.05, 0) is 51.3 Å². The zero-order valence-corrected chi connectivity index (χ0v) is 11.6. The molecule has 5 heteroatoms. The zero-order valence-electron chi connectivity index (χ0n) is 10.00. The largest absolute Gasteiger partial charge is 0.489 e. The Morgan fingerprint density at radius 2 is 1.84 bits per heavy atom. The summed E-state index contributed by atoms with van der Waals surface area (Å²) in [7, 11) is 0. The summed E-state index contributed by atoms with van der Waals surface area (Å²) >= 11 is 3.07. The zero-order chi connectivity index (χ0) is 13.8. The molecule has 0 fully saturated rings. The quantitative estimate of drug-likeness (QED) is 0.927. The molecule has 0 aliphatic rings. The number of benzene rings is 2. The molecular weight excluding hydrogens is 316 g/mol. The van der Waals surface area contributed by atoms with Gasteiger partial charge in [0.15, 0.2) is 0 Å². The maximum atomic E-state index is 13.3. The van der Waals surface area contributed by atoms with E-state index in [1.54, 1.807) is 18.2 Å². The predicted octanol–water partition coefficient (Wildman–Crippen LogP) is 3.77. The van der Waals surface area contributed by atoms with E-state index < -0.39 is 5.82 Å². The van der Waals surface area contributed by atoms with Gasteiger partial charge in [-0.3, -0.25) is 0 Å². The summed E-state index contributed by atoms with van der Waals surface area (Å²) in [6, 6.07) is 8.85. The van der Waals surface area contributed by atoms with Crippen molar-refractivity contribution < 1.29 is 13.5 Å². The monoisotopic (exact) mass is 327 g/mol. The second-order valence-electron chi connectivity index (χ2n) is 3.98. The van der Waals surface area contributed by atoms with Crippen LogP contribution in [0.3, 0.4) is 0 Å². The lowest BCUT2D eigenvalue weighted by Crippen LogP contribution is -2.05. The van der Waals surface area contributed by atoms with Gasteiger partial charge in [0.05, 0.1) is 4.47 Å². The van der Waals surface area contributed by atoms with E-state index in [1.807, 2.05) is 0 Å². The fourth-order valence-corrected chi connectivity index (χ4v) is 1.90. The highest BCUT2D eigenvalue weighted by molar-refractivity contribution is 9.10. The van der Waals surface area contributed by atoms with Crippen LogP contribution in [-0.4, -0.2) is 0 Å². The minimum Gasteiger partial charge on any atom is -0.489 e. The second-order valence-corrected chi connectivity index (χ2v) is 4.84. The Morgan fingerprint density at radius 1 is 1.05 bits per heavy atom. The maximum absolute atomic E-state index is 13.3. The van der Waals surface area contributed by atoms with Crippen molar-refractivity contribution in [2.75, 3.05) is 0 Å². The Hall–Kier alpha value is -1.46. The van der Waals surface area contributed by atoms with Gasteiger partial charge < -0.3 is 10.5 Å². The van der Waals surface area contributed by atoms with Crippen LogP contribution in [0.25, 0.3) is 0 Å². The first kappa shape index (κ1) is 14.0. The summed E-state index contributed by atoms with van der Waals surface area (Å²) < 4.78 is 32.2. The van der Waals surface area contributed by atoms with Crippen LogP contribution in [0.4, 0.5) is 8.78 Å². The normalized spacial score (nSPS) is 10.5. The molecule has 0 heterocycles. The van der Waals surface area contributed by atoms with Gasteiger partial charge in [-0.15, -0.1) is 0 Å². The Kier molecular flexibility index (Phi) is 4.50. The summed E-state index contributed by atoms with van der Waals surface area (Å²) in [5.74, 6) is -0.317. The van der Waals surface area contributed by atoms with E-state index >= 15 is 0 Å². The number of ether oxygens (including phenoxy) is 1. The van der Waals surface area contributed by atoms with E-state index in [9.17, 15) is 8.78 Å². The molecule has 2 nitrogen and oxygen atoms in total. The van der Waals surface area contributed by atoms with Crippen molar-refractivity contribution in [2.45, 2.75) is 13.2 Å². The van der Waals surface area contributed by atoms with E-state index in [1.165, 1.54) is 18.2 Å². The first-order chi connectivity index (χ1) is 9.10. The molecule has 2 N–H and O–H groups in total. The Morgan fingerprint density at radius 3 is 2.53 bits per heavy atom. The molecule has 0 unspecified atom stereocenters. The smallest absolute Gasteiger partial charge is 0.141 e. The van der Waals surface area contributed by atoms with E-state index in [4.69, 9.17) is 10.5 Å². The molecule has 0 saturated heterocycles. The first-order valence-corrected chi connectivity index (χ1v) is 6.44. The molecule has 0 aliphatic carbocycles. The molecule has 0 spiro atoms. The van der Waals surface area contributed by atoms with Gasteiger partial charge in [-0.2, -0.15) is 0 Å². The lowest BCUT2D eigenvalue weighted by molar-refractivity contribution is 0.303. The summed E-state index contributed by atoms with van der Waals surface area (Å²) in [5, 5.41) is 0. The first-order valence-electron chi connectivity index (χ1n) is 5.65. The third-order valence-electron chi connectivity index (χ3n) is 2.67. The molecule has 0 atom stereocenters. The third-order valence-corrected chi connectivity index (χ3v) is 3.32. The predicted molar refractivity (Wildman–Crippen MR) is 72.7 cm³/mol. The second kappa shape index (κ2) is 6.12. The van der Waals surface area contributed by atoms with Crippen LogP contribution >= 0.6 is 15.9 Å². The Balaban J connectivity index is 2.12. The van der Waals surface area contributed by atoms with E-state index in [-0.39, 0.29) is 19.0 Å². The fourth-order valence-electron chi connectivity index (χ4n) is 1.65. The third kappa shape index (κ3) is 3.52. The Bertz CT molecular complexity index is 590. The highest BCUT2D eigenvalue weighted by atomic mass is 79.9. The fraction of sp³-hybridized carbons (Fsp3) is 0.143. The van der Waals surface area contributed by atoms with E-state index in [0.717, 1.165) is 5.56 Å². The molecule has 0 amide bonds. The van der Waals surface area contributed by atoms with Crippen LogP contribution in [0.1, 0.15) is 11.1 Å². The van der Waals surface area contributed by atoms with Crippen molar-refractivity contribution in [1.82, 2.24) is 0 Å². The molecule has 2 rings (SSSR count). The highest BCUT2D eigenvalue weighted by Gasteiger charge is 2.05. The SMILES string of the molecule is NCc1cc(F)ccc1COc1ccc(Br)c(F)c1. The van der Waals surface area contributed by atoms with Gasteiger partial charge in [-0.25, -0.2) is 8.78 Å². The minimum absolute atomic E-state index is 0.216. The van der Waals surface area contributed by atoms with Gasteiger partial charge in [0, 0.05) is 12.6 Å². The van der Waals surface area contributed by atoms with Gasteiger partial charge in [0.2, 0.25) is 0 Å². The minimum atomic E-state index is -0.393. The van der Waals surface area contributed by atoms with Crippen LogP contribution < -0.4 is 10.5 Å². The van der Waals surface area contributed by atoms with Crippen molar-refractivity contribution in [3.63, 3.8) is 0 Å². The van der Waals surface area contributed by atoms with Gasteiger partial charge >= 0.3 is 0 Å². The molecule has 0 radical (unpaired) electrons. The van der Waals surface area contributed by atoms with Crippen LogP contribution in [0.15, 0.2) is 40.9 Å². The van der Waals surface area contributed by atoms with Gasteiger partial charge in [-0.1, -0.05) is 6.07 Å². The molecule has 2 aromatic rings. The lowest BCUT2D eigenvalue weighted by atomic mass is 10.1. The van der Waals surface area contributed by atoms with Crippen LogP contribution in [0.2, 0.25) is 0 Å². The molecule has 0 aromatic heterocycles. The summed E-state index contributed by atoms with van der Waals surface area (Å²) in [5.41, 5.74) is 7.01. The topological polar surface area (TPSA) is 35.2 Å². The number of halogens is 3. The van der Waals surface area contributed by atoms with Crippen LogP contribution in [0, 0.1) is 11.6 Å². The van der Waals surface area contributed by atoms with Gasteiger partial charge in [0.1, 0.15) is 24.0 Å². The highest BCUT2D eigenvalue weighted by Crippen LogP contribution is 2.22. The average molecular weight is 328 g/mol. The van der Waals surface area contributed by atoms with Crippen molar-refractivity contribution in [3.8, 4) is 5.75 Å². The number of hydrogen-bond donors (Lipinski definition) is 1. The van der Waals surface area contributed by atoms with Crippen molar-refractivity contribution >= 4 is 15.9 Å². The summed E-state index contributed by atoms with van der Waals surface area (Å²) in [6.07, 6.45) is 0. The number of nitrogens with two attached hydrogens (primary N) is 1. The summed E-state index contributed by atoms with van der Waals surface area (Å²) in [4.78, 5) is 0. The van der Waals surface area contributed by atoms with Crippen LogP contribution in [-0.2, 0) is 13.2 Å². The van der Waals surface area contributed by atoms with Crippen LogP contribution in [0.5, 0.6) is 5.75 Å². The van der Waals surface area contributed by atoms with E-state index in [0.29, 0.717) is 15.8 Å². The lowest BCUT2D eigenvalue weighted by Gasteiger charge is -2.10. The Labute approximate surface area is 118 Å². The maximum Gasteiger partial charge on any atom is 0.141 e. The van der Waals surface area contributed by atoms with Gasteiger partial charge in [0.25, 0.3) is 0 Å². The number of rotatable bonds is 4. The standard InChI is InChI=1S/C14H12BrF2NO/c15-13-4-3-12(6-14(13)17)19-8-9-1-2-11(16)5-10(9)7-18/h1-6H,7-8,18H2. The molecule has 0 saturated carbocycles. The van der Waals surface area contributed by atoms with Crippen molar-refractivity contribution in [3.05, 3.63) is 63.6 Å². The molecule has 2 aromatic carbocycles. The molecule has 19 heavy (non-hydrogen) atoms. The van der Waals surface area contributed by atoms with E-state index in [2.05, 4.69) is 15.9 Å².